The largest absolute Gasteiger partial charge is 0.313 e. The van der Waals surface area contributed by atoms with Gasteiger partial charge in [0.1, 0.15) is 5.82 Å². The van der Waals surface area contributed by atoms with Crippen LogP contribution >= 0.6 is 0 Å². The van der Waals surface area contributed by atoms with Gasteiger partial charge in [0, 0.05) is 47.7 Å². The van der Waals surface area contributed by atoms with E-state index in [0.29, 0.717) is 11.4 Å². The predicted octanol–water partition coefficient (Wildman–Crippen LogP) is 3.03. The van der Waals surface area contributed by atoms with E-state index in [1.807, 2.05) is 0 Å². The molecule has 0 saturated heterocycles. The van der Waals surface area contributed by atoms with Gasteiger partial charge in [0.15, 0.2) is 5.82 Å². The van der Waals surface area contributed by atoms with Gasteiger partial charge in [-0.15, -0.1) is 0 Å². The van der Waals surface area contributed by atoms with Crippen molar-refractivity contribution in [2.24, 2.45) is 5.41 Å². The van der Waals surface area contributed by atoms with Crippen molar-refractivity contribution in [2.75, 3.05) is 0 Å². The van der Waals surface area contributed by atoms with Crippen LogP contribution in [0.5, 0.6) is 0 Å². The Kier molecular flexibility index (Phi) is 5.84. The fourth-order valence-corrected chi connectivity index (χ4v) is 2.85. The second-order valence-corrected chi connectivity index (χ2v) is 7.29. The van der Waals surface area contributed by atoms with Gasteiger partial charge in [-0.3, -0.25) is 14.8 Å². The standard InChI is InChI=1S/C21H21FN4O3/c1-21(2,20(28)25-29)8-11-26-13-17(22)16(12-18(26)27)14-4-6-15(7-5-14)19-23-9-3-10-24-19/h3-7,9-10,12-13,29H,8,11H2,1-2H3,(H,25,28). The zero-order chi connectivity index (χ0) is 21.0. The summed E-state index contributed by atoms with van der Waals surface area (Å²) in [5.74, 6) is -0.549. The molecule has 150 valence electrons. The summed E-state index contributed by atoms with van der Waals surface area (Å²) in [6.45, 7) is 3.40. The van der Waals surface area contributed by atoms with E-state index in [9.17, 15) is 14.0 Å². The Morgan fingerprint density at radius 1 is 1.17 bits per heavy atom. The first-order chi connectivity index (χ1) is 13.8. The minimum Gasteiger partial charge on any atom is -0.313 e. The van der Waals surface area contributed by atoms with E-state index in [-0.39, 0.29) is 24.1 Å². The van der Waals surface area contributed by atoms with Crippen molar-refractivity contribution >= 4 is 5.91 Å². The van der Waals surface area contributed by atoms with Crippen LogP contribution < -0.4 is 11.0 Å². The molecule has 2 N–H and O–H groups in total. The quantitative estimate of drug-likeness (QED) is 0.493. The number of aryl methyl sites for hydroxylation is 1. The number of carbonyl (C=O) groups excluding carboxylic acids is 1. The van der Waals surface area contributed by atoms with E-state index in [0.717, 1.165) is 11.8 Å². The number of pyridine rings is 1. The van der Waals surface area contributed by atoms with Gasteiger partial charge in [-0.25, -0.2) is 19.8 Å². The number of rotatable bonds is 6. The number of hydrogen-bond acceptors (Lipinski definition) is 5. The van der Waals surface area contributed by atoms with Crippen LogP contribution in [0.2, 0.25) is 0 Å². The van der Waals surface area contributed by atoms with E-state index in [1.54, 1.807) is 62.1 Å². The van der Waals surface area contributed by atoms with Crippen LogP contribution in [0.15, 0.2) is 59.8 Å². The summed E-state index contributed by atoms with van der Waals surface area (Å²) < 4.78 is 15.9. The summed E-state index contributed by atoms with van der Waals surface area (Å²) in [5, 5.41) is 8.79. The zero-order valence-corrected chi connectivity index (χ0v) is 16.1. The fourth-order valence-electron chi connectivity index (χ4n) is 2.85. The Balaban J connectivity index is 1.82. The minimum atomic E-state index is -0.904. The highest BCUT2D eigenvalue weighted by atomic mass is 19.1. The van der Waals surface area contributed by atoms with Gasteiger partial charge < -0.3 is 4.57 Å². The van der Waals surface area contributed by atoms with E-state index in [2.05, 4.69) is 9.97 Å². The Morgan fingerprint density at radius 2 is 1.79 bits per heavy atom. The van der Waals surface area contributed by atoms with Gasteiger partial charge in [-0.1, -0.05) is 38.1 Å². The first-order valence-electron chi connectivity index (χ1n) is 9.04. The first-order valence-corrected chi connectivity index (χ1v) is 9.04. The summed E-state index contributed by atoms with van der Waals surface area (Å²) >= 11 is 0. The average Bonchev–Trinajstić information content (AvgIpc) is 2.74. The van der Waals surface area contributed by atoms with E-state index in [1.165, 1.54) is 10.6 Å². The summed E-state index contributed by atoms with van der Waals surface area (Å²) in [5.41, 5.74) is 1.86. The van der Waals surface area contributed by atoms with Crippen molar-refractivity contribution in [1.82, 2.24) is 20.0 Å². The third-order valence-corrected chi connectivity index (χ3v) is 4.79. The molecular weight excluding hydrogens is 375 g/mol. The number of nitrogens with zero attached hydrogens (tertiary/aromatic N) is 3. The molecule has 0 aliphatic heterocycles. The number of carbonyl (C=O) groups is 1. The molecule has 0 unspecified atom stereocenters. The molecule has 3 rings (SSSR count). The number of hydrogen-bond donors (Lipinski definition) is 2. The van der Waals surface area contributed by atoms with Crippen LogP contribution in [0.1, 0.15) is 20.3 Å². The van der Waals surface area contributed by atoms with Crippen molar-refractivity contribution in [3.8, 4) is 22.5 Å². The minimum absolute atomic E-state index is 0.140. The zero-order valence-electron chi connectivity index (χ0n) is 16.1. The van der Waals surface area contributed by atoms with Crippen molar-refractivity contribution in [2.45, 2.75) is 26.8 Å². The summed E-state index contributed by atoms with van der Waals surface area (Å²) in [6, 6.07) is 9.92. The van der Waals surface area contributed by atoms with Crippen LogP contribution in [0.4, 0.5) is 4.39 Å². The second-order valence-electron chi connectivity index (χ2n) is 7.29. The molecule has 0 fully saturated rings. The number of halogens is 1. The number of benzene rings is 1. The Hall–Kier alpha value is -3.39. The first kappa shape index (κ1) is 20.3. The van der Waals surface area contributed by atoms with Gasteiger partial charge in [-0.2, -0.15) is 0 Å². The molecule has 29 heavy (non-hydrogen) atoms. The lowest BCUT2D eigenvalue weighted by Crippen LogP contribution is -2.36. The smallest absolute Gasteiger partial charge is 0.251 e. The molecule has 0 spiro atoms. The Morgan fingerprint density at radius 3 is 2.41 bits per heavy atom. The highest BCUT2D eigenvalue weighted by Gasteiger charge is 2.27. The normalized spacial score (nSPS) is 11.3. The Bertz CT molecular complexity index is 1060. The van der Waals surface area contributed by atoms with Crippen molar-refractivity contribution in [3.05, 3.63) is 71.2 Å². The van der Waals surface area contributed by atoms with Crippen LogP contribution in [0, 0.1) is 11.2 Å². The molecule has 2 aromatic heterocycles. The van der Waals surface area contributed by atoms with E-state index < -0.39 is 17.1 Å². The van der Waals surface area contributed by atoms with E-state index >= 15 is 0 Å². The van der Waals surface area contributed by atoms with Gasteiger partial charge in [0.2, 0.25) is 5.91 Å². The molecule has 8 heteroatoms. The van der Waals surface area contributed by atoms with Crippen molar-refractivity contribution in [1.29, 1.82) is 0 Å². The topological polar surface area (TPSA) is 97.1 Å². The third kappa shape index (κ3) is 4.55. The average molecular weight is 396 g/mol. The van der Waals surface area contributed by atoms with Crippen molar-refractivity contribution < 1.29 is 14.4 Å². The highest BCUT2D eigenvalue weighted by Crippen LogP contribution is 2.25. The number of hydroxylamine groups is 1. The monoisotopic (exact) mass is 396 g/mol. The lowest BCUT2D eigenvalue weighted by atomic mass is 9.88. The predicted molar refractivity (Wildman–Crippen MR) is 105 cm³/mol. The van der Waals surface area contributed by atoms with Gasteiger partial charge in [0.05, 0.1) is 0 Å². The third-order valence-electron chi connectivity index (χ3n) is 4.79. The molecule has 0 radical (unpaired) electrons. The molecule has 0 saturated carbocycles. The van der Waals surface area contributed by atoms with E-state index in [4.69, 9.17) is 5.21 Å². The number of aromatic nitrogens is 3. The van der Waals surface area contributed by atoms with Crippen LogP contribution in [0.3, 0.4) is 0 Å². The lowest BCUT2D eigenvalue weighted by molar-refractivity contribution is -0.138. The SMILES string of the molecule is CC(C)(CCn1cc(F)c(-c2ccc(-c3ncccn3)cc2)cc1=O)C(=O)NO. The highest BCUT2D eigenvalue weighted by molar-refractivity contribution is 5.80. The van der Waals surface area contributed by atoms with Crippen LogP contribution in [0.25, 0.3) is 22.5 Å². The second kappa shape index (κ2) is 8.32. The molecule has 0 atom stereocenters. The number of nitrogens with one attached hydrogen (secondary N) is 1. The van der Waals surface area contributed by atoms with Gasteiger partial charge >= 0.3 is 0 Å². The van der Waals surface area contributed by atoms with Gasteiger partial charge in [0.25, 0.3) is 5.56 Å². The summed E-state index contributed by atoms with van der Waals surface area (Å²) in [7, 11) is 0. The molecule has 0 bridgehead atoms. The van der Waals surface area contributed by atoms with Gasteiger partial charge in [-0.05, 0) is 18.1 Å². The molecule has 3 aromatic rings. The molecule has 2 heterocycles. The fraction of sp³-hybridized carbons (Fsp3) is 0.238. The van der Waals surface area contributed by atoms with Crippen LogP contribution in [-0.4, -0.2) is 25.6 Å². The maximum atomic E-state index is 14.7. The van der Waals surface area contributed by atoms with Crippen LogP contribution in [-0.2, 0) is 11.3 Å². The molecule has 0 aliphatic rings. The summed E-state index contributed by atoms with van der Waals surface area (Å²) in [4.78, 5) is 32.4. The molecule has 7 nitrogen and oxygen atoms in total. The molecule has 1 aromatic carbocycles. The maximum Gasteiger partial charge on any atom is 0.251 e. The maximum absolute atomic E-state index is 14.7. The van der Waals surface area contributed by atoms with Crippen molar-refractivity contribution in [3.63, 3.8) is 0 Å². The molecular formula is C21H21FN4O3. The number of amides is 1. The summed E-state index contributed by atoms with van der Waals surface area (Å²) in [6.07, 6.45) is 4.67. The molecule has 0 aliphatic carbocycles. The lowest BCUT2D eigenvalue weighted by Gasteiger charge is -2.22. The Labute approximate surface area is 166 Å². The molecule has 1 amide bonds.